The normalized spacial score (nSPS) is 14.8. The minimum atomic E-state index is 0.191. The Labute approximate surface area is 117 Å². The van der Waals surface area contributed by atoms with Crippen molar-refractivity contribution < 1.29 is 9.32 Å². The molecule has 0 aliphatic carbocycles. The molecular formula is C15H17N3O2. The highest BCUT2D eigenvalue weighted by atomic mass is 16.5. The zero-order valence-electron chi connectivity index (χ0n) is 11.4. The van der Waals surface area contributed by atoms with E-state index in [1.54, 1.807) is 0 Å². The molecule has 1 N–H and O–H groups in total. The first-order valence-electron chi connectivity index (χ1n) is 6.79. The number of benzene rings is 1. The molecule has 0 bridgehead atoms. The van der Waals surface area contributed by atoms with Gasteiger partial charge in [-0.3, -0.25) is 4.79 Å². The van der Waals surface area contributed by atoms with Crippen LogP contribution in [0, 0.1) is 6.92 Å². The number of carbonyl (C=O) groups is 1. The van der Waals surface area contributed by atoms with Gasteiger partial charge in [-0.05, 0) is 25.5 Å². The van der Waals surface area contributed by atoms with Gasteiger partial charge in [-0.2, -0.15) is 0 Å². The number of carbonyl (C=O) groups excluding carboxylic acids is 1. The van der Waals surface area contributed by atoms with Crippen molar-refractivity contribution in [1.82, 2.24) is 5.16 Å². The van der Waals surface area contributed by atoms with Crippen molar-refractivity contribution in [3.8, 4) is 0 Å². The number of para-hydroxylation sites is 2. The summed E-state index contributed by atoms with van der Waals surface area (Å²) in [6.45, 7) is 3.24. The van der Waals surface area contributed by atoms with E-state index in [4.69, 9.17) is 4.52 Å². The van der Waals surface area contributed by atoms with E-state index in [9.17, 15) is 4.79 Å². The largest absolute Gasteiger partial charge is 0.378 e. The molecule has 1 aliphatic rings. The van der Waals surface area contributed by atoms with Crippen LogP contribution in [-0.4, -0.2) is 17.6 Å². The molecular weight excluding hydrogens is 254 g/mol. The molecule has 5 heteroatoms. The van der Waals surface area contributed by atoms with Gasteiger partial charge in [0.05, 0.1) is 17.9 Å². The molecule has 104 valence electrons. The zero-order valence-corrected chi connectivity index (χ0v) is 11.4. The number of nitrogens with one attached hydrogen (secondary N) is 1. The predicted molar refractivity (Wildman–Crippen MR) is 76.6 cm³/mol. The lowest BCUT2D eigenvalue weighted by Crippen LogP contribution is -2.24. The van der Waals surface area contributed by atoms with Gasteiger partial charge in [-0.25, -0.2) is 0 Å². The lowest BCUT2D eigenvalue weighted by atomic mass is 10.2. The Morgan fingerprint density at radius 3 is 2.95 bits per heavy atom. The van der Waals surface area contributed by atoms with Gasteiger partial charge in [0.2, 0.25) is 5.91 Å². The topological polar surface area (TPSA) is 58.4 Å². The third-order valence-electron chi connectivity index (χ3n) is 3.40. The van der Waals surface area contributed by atoms with Gasteiger partial charge in [0.25, 0.3) is 0 Å². The molecule has 0 saturated carbocycles. The van der Waals surface area contributed by atoms with E-state index in [0.717, 1.165) is 35.8 Å². The molecule has 1 aromatic carbocycles. The summed E-state index contributed by atoms with van der Waals surface area (Å²) in [6, 6.07) is 9.76. The number of anilines is 2. The van der Waals surface area contributed by atoms with Crippen molar-refractivity contribution in [2.45, 2.75) is 26.3 Å². The third kappa shape index (κ3) is 2.52. The Kier molecular flexibility index (Phi) is 3.41. The molecule has 3 rings (SSSR count). The van der Waals surface area contributed by atoms with Crippen molar-refractivity contribution >= 4 is 17.3 Å². The van der Waals surface area contributed by atoms with Crippen LogP contribution in [-0.2, 0) is 11.3 Å². The highest BCUT2D eigenvalue weighted by Gasteiger charge is 2.23. The lowest BCUT2D eigenvalue weighted by Gasteiger charge is -2.20. The Bertz CT molecular complexity index is 621. The molecule has 20 heavy (non-hydrogen) atoms. The highest BCUT2D eigenvalue weighted by molar-refractivity contribution is 5.98. The summed E-state index contributed by atoms with van der Waals surface area (Å²) in [5, 5.41) is 7.28. The molecule has 5 nitrogen and oxygen atoms in total. The van der Waals surface area contributed by atoms with Gasteiger partial charge in [-0.1, -0.05) is 17.3 Å². The second kappa shape index (κ2) is 5.36. The SMILES string of the molecule is Cc1cc(CNc2ccccc2N2CCCC2=O)no1. The Morgan fingerprint density at radius 1 is 1.40 bits per heavy atom. The van der Waals surface area contributed by atoms with Crippen LogP contribution in [0.5, 0.6) is 0 Å². The Morgan fingerprint density at radius 2 is 2.25 bits per heavy atom. The number of hydrogen-bond acceptors (Lipinski definition) is 4. The van der Waals surface area contributed by atoms with Crippen molar-refractivity contribution in [3.05, 3.63) is 41.8 Å². The van der Waals surface area contributed by atoms with E-state index < -0.39 is 0 Å². The van der Waals surface area contributed by atoms with Crippen LogP contribution < -0.4 is 10.2 Å². The smallest absolute Gasteiger partial charge is 0.227 e. The molecule has 1 amide bonds. The first-order valence-corrected chi connectivity index (χ1v) is 6.79. The van der Waals surface area contributed by atoms with Gasteiger partial charge in [0, 0.05) is 19.0 Å². The summed E-state index contributed by atoms with van der Waals surface area (Å²) >= 11 is 0. The van der Waals surface area contributed by atoms with Gasteiger partial charge < -0.3 is 14.7 Å². The van der Waals surface area contributed by atoms with Crippen LogP contribution >= 0.6 is 0 Å². The summed E-state index contributed by atoms with van der Waals surface area (Å²) in [4.78, 5) is 13.7. The van der Waals surface area contributed by atoms with Crippen LogP contribution in [0.2, 0.25) is 0 Å². The van der Waals surface area contributed by atoms with Crippen molar-refractivity contribution in [2.24, 2.45) is 0 Å². The fraction of sp³-hybridized carbons (Fsp3) is 0.333. The van der Waals surface area contributed by atoms with Crippen LogP contribution in [0.4, 0.5) is 11.4 Å². The number of nitrogens with zero attached hydrogens (tertiary/aromatic N) is 2. The molecule has 1 fully saturated rings. The van der Waals surface area contributed by atoms with Crippen LogP contribution in [0.25, 0.3) is 0 Å². The minimum Gasteiger partial charge on any atom is -0.378 e. The number of amides is 1. The molecule has 1 saturated heterocycles. The summed E-state index contributed by atoms with van der Waals surface area (Å²) in [6.07, 6.45) is 1.56. The van der Waals surface area contributed by atoms with Crippen molar-refractivity contribution in [1.29, 1.82) is 0 Å². The second-order valence-electron chi connectivity index (χ2n) is 4.95. The van der Waals surface area contributed by atoms with Gasteiger partial charge in [0.1, 0.15) is 11.5 Å². The maximum atomic E-state index is 11.9. The van der Waals surface area contributed by atoms with E-state index in [1.807, 2.05) is 42.2 Å². The van der Waals surface area contributed by atoms with Gasteiger partial charge >= 0.3 is 0 Å². The second-order valence-corrected chi connectivity index (χ2v) is 4.95. The third-order valence-corrected chi connectivity index (χ3v) is 3.40. The fourth-order valence-electron chi connectivity index (χ4n) is 2.45. The fourth-order valence-corrected chi connectivity index (χ4v) is 2.45. The van der Waals surface area contributed by atoms with Crippen molar-refractivity contribution in [2.75, 3.05) is 16.8 Å². The maximum absolute atomic E-state index is 11.9. The van der Waals surface area contributed by atoms with Gasteiger partial charge in [0.15, 0.2) is 0 Å². The van der Waals surface area contributed by atoms with E-state index in [1.165, 1.54) is 0 Å². The van der Waals surface area contributed by atoms with Crippen LogP contribution in [0.1, 0.15) is 24.3 Å². The minimum absolute atomic E-state index is 0.191. The highest BCUT2D eigenvalue weighted by Crippen LogP contribution is 2.29. The average molecular weight is 271 g/mol. The molecule has 2 heterocycles. The standard InChI is InChI=1S/C15H17N3O2/c1-11-9-12(17-20-11)10-16-13-5-2-3-6-14(13)18-8-4-7-15(18)19/h2-3,5-6,9,16H,4,7-8,10H2,1H3. The molecule has 0 unspecified atom stereocenters. The Balaban J connectivity index is 1.77. The van der Waals surface area contributed by atoms with E-state index in [-0.39, 0.29) is 5.91 Å². The lowest BCUT2D eigenvalue weighted by molar-refractivity contribution is -0.117. The van der Waals surface area contributed by atoms with E-state index >= 15 is 0 Å². The number of hydrogen-bond donors (Lipinski definition) is 1. The van der Waals surface area contributed by atoms with Crippen LogP contribution in [0.15, 0.2) is 34.9 Å². The average Bonchev–Trinajstić information content (AvgIpc) is 3.05. The molecule has 0 spiro atoms. The molecule has 1 aliphatic heterocycles. The van der Waals surface area contributed by atoms with E-state index in [2.05, 4.69) is 10.5 Å². The summed E-state index contributed by atoms with van der Waals surface area (Å²) < 4.78 is 5.05. The predicted octanol–water partition coefficient (Wildman–Crippen LogP) is 2.72. The quantitative estimate of drug-likeness (QED) is 0.929. The number of rotatable bonds is 4. The summed E-state index contributed by atoms with van der Waals surface area (Å²) in [5.74, 6) is 0.987. The summed E-state index contributed by atoms with van der Waals surface area (Å²) in [7, 11) is 0. The molecule has 1 aromatic heterocycles. The first-order chi connectivity index (χ1) is 9.74. The number of aryl methyl sites for hydroxylation is 1. The molecule has 0 atom stereocenters. The Hall–Kier alpha value is -2.30. The zero-order chi connectivity index (χ0) is 13.9. The van der Waals surface area contributed by atoms with E-state index in [0.29, 0.717) is 13.0 Å². The van der Waals surface area contributed by atoms with Gasteiger partial charge in [-0.15, -0.1) is 0 Å². The summed E-state index contributed by atoms with van der Waals surface area (Å²) in [5.41, 5.74) is 2.74. The number of aromatic nitrogens is 1. The van der Waals surface area contributed by atoms with Crippen molar-refractivity contribution in [3.63, 3.8) is 0 Å². The molecule has 0 radical (unpaired) electrons. The van der Waals surface area contributed by atoms with Crippen LogP contribution in [0.3, 0.4) is 0 Å². The molecule has 2 aromatic rings. The first kappa shape index (κ1) is 12.7. The monoisotopic (exact) mass is 271 g/mol. The maximum Gasteiger partial charge on any atom is 0.227 e.